The predicted molar refractivity (Wildman–Crippen MR) is 111 cm³/mol. The van der Waals surface area contributed by atoms with E-state index in [4.69, 9.17) is 26.1 Å². The van der Waals surface area contributed by atoms with Gasteiger partial charge in [-0.3, -0.25) is 4.98 Å². The molecule has 12 heteroatoms. The molecule has 3 aromatic rings. The lowest BCUT2D eigenvalue weighted by Gasteiger charge is -2.48. The summed E-state index contributed by atoms with van der Waals surface area (Å²) in [5, 5.41) is 2.63. The van der Waals surface area contributed by atoms with E-state index in [1.54, 1.807) is 0 Å². The van der Waals surface area contributed by atoms with E-state index in [1.165, 1.54) is 55.9 Å². The third-order valence-corrected chi connectivity index (χ3v) is 5.37. The number of hydrogen-bond donors (Lipinski definition) is 1. The summed E-state index contributed by atoms with van der Waals surface area (Å²) in [6, 6.07) is 12.0. The number of rotatable bonds is 5. The van der Waals surface area contributed by atoms with Gasteiger partial charge in [0.15, 0.2) is 0 Å². The van der Waals surface area contributed by atoms with Gasteiger partial charge < -0.3 is 9.47 Å². The summed E-state index contributed by atoms with van der Waals surface area (Å²) in [6.45, 7) is 0. The van der Waals surface area contributed by atoms with E-state index in [0.29, 0.717) is 22.0 Å². The van der Waals surface area contributed by atoms with E-state index in [-0.39, 0.29) is 5.56 Å². The van der Waals surface area contributed by atoms with Crippen LogP contribution < -0.4 is 14.8 Å². The predicted octanol–water partition coefficient (Wildman–Crippen LogP) is 5.62. The fourth-order valence-corrected chi connectivity index (χ4v) is 3.69. The molecule has 0 radical (unpaired) electrons. The van der Waals surface area contributed by atoms with Crippen LogP contribution in [0.1, 0.15) is 22.9 Å². The average Bonchev–Trinajstić information content (AvgIpc) is 2.81. The van der Waals surface area contributed by atoms with E-state index in [1.807, 2.05) is 0 Å². The third kappa shape index (κ3) is 4.51. The SMILES string of the molecule is COc1ccc(C2(Oc3cccc(C(F)(F)F)c3)NC(c3ccncc3)N(Cl)OC2(F)F)cc1. The van der Waals surface area contributed by atoms with E-state index in [0.717, 1.165) is 18.2 Å². The summed E-state index contributed by atoms with van der Waals surface area (Å²) >= 11 is 5.98. The highest BCUT2D eigenvalue weighted by Gasteiger charge is 2.65. The molecule has 4 rings (SSSR count). The molecule has 1 aliphatic rings. The smallest absolute Gasteiger partial charge is 0.430 e. The second kappa shape index (κ2) is 8.99. The topological polar surface area (TPSA) is 55.9 Å². The quantitative estimate of drug-likeness (QED) is 0.362. The minimum Gasteiger partial charge on any atom is -0.497 e. The Kier molecular flexibility index (Phi) is 6.38. The van der Waals surface area contributed by atoms with Crippen LogP contribution in [0.4, 0.5) is 22.0 Å². The first-order chi connectivity index (χ1) is 16.1. The first kappa shape index (κ1) is 24.1. The van der Waals surface area contributed by atoms with Crippen LogP contribution in [0.5, 0.6) is 11.5 Å². The highest BCUT2D eigenvalue weighted by Crippen LogP contribution is 2.48. The molecule has 0 amide bonds. The largest absolute Gasteiger partial charge is 0.497 e. The van der Waals surface area contributed by atoms with Crippen molar-refractivity contribution in [2.45, 2.75) is 24.2 Å². The third-order valence-electron chi connectivity index (χ3n) is 5.11. The monoisotopic (exact) mass is 501 g/mol. The van der Waals surface area contributed by atoms with Crippen LogP contribution in [0.2, 0.25) is 0 Å². The van der Waals surface area contributed by atoms with Gasteiger partial charge in [-0.15, -0.1) is 0 Å². The molecule has 6 nitrogen and oxygen atoms in total. The molecule has 2 unspecified atom stereocenters. The van der Waals surface area contributed by atoms with Crippen molar-refractivity contribution in [3.05, 3.63) is 89.7 Å². The number of benzene rings is 2. The first-order valence-corrected chi connectivity index (χ1v) is 10.1. The van der Waals surface area contributed by atoms with Crippen LogP contribution in [0.25, 0.3) is 0 Å². The average molecular weight is 502 g/mol. The zero-order valence-corrected chi connectivity index (χ0v) is 18.1. The number of halogens is 6. The molecular weight excluding hydrogens is 485 g/mol. The molecule has 2 atom stereocenters. The van der Waals surface area contributed by atoms with Crippen LogP contribution in [0, 0.1) is 0 Å². The molecule has 0 spiro atoms. The van der Waals surface area contributed by atoms with Gasteiger partial charge in [-0.1, -0.05) is 10.6 Å². The molecule has 1 aromatic heterocycles. The zero-order valence-electron chi connectivity index (χ0n) is 17.4. The van der Waals surface area contributed by atoms with Gasteiger partial charge in [-0.05, 0) is 60.2 Å². The number of methoxy groups -OCH3 is 1. The number of nitrogens with zero attached hydrogens (tertiary/aromatic N) is 2. The van der Waals surface area contributed by atoms with Crippen molar-refractivity contribution >= 4 is 11.8 Å². The standard InChI is InChI=1S/C22H17ClF5N3O3/c1-32-17-7-5-15(6-8-17)20(33-18-4-2-3-16(13-18)21(24,25)26)22(27,28)34-31(23)19(30-20)14-9-11-29-12-10-14/h2-13,19,30H,1H3. The van der Waals surface area contributed by atoms with Gasteiger partial charge in [0.1, 0.15) is 17.7 Å². The van der Waals surface area contributed by atoms with E-state index < -0.39 is 35.5 Å². The van der Waals surface area contributed by atoms with Crippen LogP contribution in [-0.4, -0.2) is 22.8 Å². The van der Waals surface area contributed by atoms with Gasteiger partial charge in [-0.2, -0.15) is 22.0 Å². The zero-order chi connectivity index (χ0) is 24.6. The Bertz CT molecular complexity index is 1130. The summed E-state index contributed by atoms with van der Waals surface area (Å²) in [6.07, 6.45) is -7.26. The number of nitrogens with one attached hydrogen (secondary N) is 1. The van der Waals surface area contributed by atoms with E-state index >= 15 is 8.78 Å². The highest BCUT2D eigenvalue weighted by molar-refractivity contribution is 6.12. The lowest BCUT2D eigenvalue weighted by molar-refractivity contribution is -0.435. The Morgan fingerprint density at radius 1 is 1.03 bits per heavy atom. The van der Waals surface area contributed by atoms with Gasteiger partial charge >= 0.3 is 12.3 Å². The molecule has 1 fully saturated rings. The molecule has 2 aromatic carbocycles. The van der Waals surface area contributed by atoms with Gasteiger partial charge in [0.05, 0.1) is 12.7 Å². The lowest BCUT2D eigenvalue weighted by Crippen LogP contribution is -2.68. The van der Waals surface area contributed by atoms with Crippen LogP contribution >= 0.6 is 11.8 Å². The number of hydroxylamine groups is 1. The maximum Gasteiger partial charge on any atom is 0.430 e. The summed E-state index contributed by atoms with van der Waals surface area (Å²) in [7, 11) is 1.39. The molecule has 1 saturated heterocycles. The Morgan fingerprint density at radius 3 is 2.32 bits per heavy atom. The molecule has 2 heterocycles. The molecule has 180 valence electrons. The number of ether oxygens (including phenoxy) is 2. The summed E-state index contributed by atoms with van der Waals surface area (Å²) < 4.78 is 81.9. The lowest BCUT2D eigenvalue weighted by atomic mass is 9.98. The molecule has 0 bridgehead atoms. The van der Waals surface area contributed by atoms with Gasteiger partial charge in [0.2, 0.25) is 0 Å². The first-order valence-electron chi connectivity index (χ1n) is 9.76. The molecule has 1 aliphatic heterocycles. The van der Waals surface area contributed by atoms with Crippen LogP contribution in [-0.2, 0) is 16.7 Å². The summed E-state index contributed by atoms with van der Waals surface area (Å²) in [5.74, 6) is -0.111. The van der Waals surface area contributed by atoms with Crippen molar-refractivity contribution in [3.8, 4) is 11.5 Å². The number of hydrogen-bond acceptors (Lipinski definition) is 6. The molecule has 34 heavy (non-hydrogen) atoms. The van der Waals surface area contributed by atoms with Crippen molar-refractivity contribution in [2.24, 2.45) is 0 Å². The van der Waals surface area contributed by atoms with Crippen molar-refractivity contribution in [2.75, 3.05) is 7.11 Å². The van der Waals surface area contributed by atoms with Gasteiger partial charge in [0.25, 0.3) is 5.72 Å². The Morgan fingerprint density at radius 2 is 1.71 bits per heavy atom. The minimum absolute atomic E-state index is 0.153. The second-order valence-electron chi connectivity index (χ2n) is 7.24. The second-order valence-corrected chi connectivity index (χ2v) is 7.58. The van der Waals surface area contributed by atoms with Crippen molar-refractivity contribution in [1.82, 2.24) is 14.9 Å². The van der Waals surface area contributed by atoms with Crippen LogP contribution in [0.3, 0.4) is 0 Å². The Balaban J connectivity index is 1.85. The number of pyridine rings is 1. The summed E-state index contributed by atoms with van der Waals surface area (Å²) in [5.41, 5.74) is -3.63. The Labute approximate surface area is 195 Å². The number of aromatic nitrogens is 1. The van der Waals surface area contributed by atoms with E-state index in [9.17, 15) is 13.2 Å². The molecular formula is C22H17ClF5N3O3. The molecule has 0 saturated carbocycles. The normalized spacial score (nSPS) is 22.9. The number of alkyl halides is 5. The molecule has 0 aliphatic carbocycles. The van der Waals surface area contributed by atoms with E-state index in [2.05, 4.69) is 10.3 Å². The van der Waals surface area contributed by atoms with Gasteiger partial charge in [-0.25, -0.2) is 10.2 Å². The maximum atomic E-state index is 15.6. The maximum absolute atomic E-state index is 15.6. The van der Waals surface area contributed by atoms with Gasteiger partial charge in [0, 0.05) is 29.7 Å². The van der Waals surface area contributed by atoms with Crippen molar-refractivity contribution < 1.29 is 36.3 Å². The summed E-state index contributed by atoms with van der Waals surface area (Å²) in [4.78, 5) is 8.62. The van der Waals surface area contributed by atoms with Crippen molar-refractivity contribution in [1.29, 1.82) is 0 Å². The fourth-order valence-electron chi connectivity index (χ4n) is 3.44. The molecule has 1 N–H and O–H groups in total. The van der Waals surface area contributed by atoms with Crippen molar-refractivity contribution in [3.63, 3.8) is 0 Å². The Hall–Kier alpha value is -2.99. The highest BCUT2D eigenvalue weighted by atomic mass is 35.5. The fraction of sp³-hybridized carbons (Fsp3) is 0.227. The minimum atomic E-state index is -4.71. The van der Waals surface area contributed by atoms with Crippen LogP contribution in [0.15, 0.2) is 73.1 Å².